The van der Waals surface area contributed by atoms with Crippen molar-refractivity contribution in [1.29, 1.82) is 0 Å². The predicted octanol–water partition coefficient (Wildman–Crippen LogP) is 3.89. The van der Waals surface area contributed by atoms with Gasteiger partial charge in [0, 0.05) is 36.0 Å². The van der Waals surface area contributed by atoms with E-state index in [0.29, 0.717) is 17.1 Å². The lowest BCUT2D eigenvalue weighted by Crippen LogP contribution is -2.17. The Labute approximate surface area is 158 Å². The molecule has 2 rings (SSSR count). The first-order chi connectivity index (χ1) is 12.8. The summed E-state index contributed by atoms with van der Waals surface area (Å²) >= 11 is 0. The third kappa shape index (κ3) is 6.78. The van der Waals surface area contributed by atoms with Gasteiger partial charge in [0.05, 0.1) is 0 Å². The van der Waals surface area contributed by atoms with E-state index in [2.05, 4.69) is 16.0 Å². The van der Waals surface area contributed by atoms with Gasteiger partial charge in [0.25, 0.3) is 0 Å². The van der Waals surface area contributed by atoms with E-state index in [1.807, 2.05) is 13.8 Å². The second-order valence-electron chi connectivity index (χ2n) is 6.35. The first-order valence-electron chi connectivity index (χ1n) is 8.61. The molecule has 2 aromatic rings. The third-order valence-electron chi connectivity index (χ3n) is 3.60. The number of hydrogen-bond acceptors (Lipinski definition) is 3. The number of carbonyl (C=O) groups excluding carboxylic acids is 3. The van der Waals surface area contributed by atoms with Crippen molar-refractivity contribution >= 4 is 40.9 Å². The maximum absolute atomic E-state index is 12.0. The monoisotopic (exact) mass is 365 g/mol. The van der Waals surface area contributed by atoms with Crippen LogP contribution in [0.15, 0.2) is 54.6 Å². The zero-order valence-electron chi connectivity index (χ0n) is 15.6. The average molecular weight is 365 g/mol. The van der Waals surface area contributed by atoms with Gasteiger partial charge in [-0.2, -0.15) is 0 Å². The highest BCUT2D eigenvalue weighted by molar-refractivity contribution is 6.02. The molecule has 3 amide bonds. The molecular weight excluding hydrogens is 342 g/mol. The van der Waals surface area contributed by atoms with Crippen LogP contribution in [0.25, 0.3) is 6.08 Å². The van der Waals surface area contributed by atoms with E-state index in [4.69, 9.17) is 0 Å². The van der Waals surface area contributed by atoms with Crippen LogP contribution in [0.3, 0.4) is 0 Å². The molecule has 2 aromatic carbocycles. The quantitative estimate of drug-likeness (QED) is 0.679. The zero-order valence-corrected chi connectivity index (χ0v) is 15.6. The summed E-state index contributed by atoms with van der Waals surface area (Å²) in [7, 11) is 0. The van der Waals surface area contributed by atoms with Gasteiger partial charge in [0.1, 0.15) is 0 Å². The molecule has 0 saturated heterocycles. The average Bonchev–Trinajstić information content (AvgIpc) is 2.62. The third-order valence-corrected chi connectivity index (χ3v) is 3.60. The topological polar surface area (TPSA) is 87.3 Å². The lowest BCUT2D eigenvalue weighted by atomic mass is 10.2. The standard InChI is InChI=1S/C21H23N3O3/c1-14(2)21(27)24-19-11-9-18(10-12-19)23-20(26)13-6-16-4-7-17(8-5-16)22-15(3)25/h4-14H,1-3H3,(H,22,25)(H,23,26)(H,24,27)/b13-6+. The molecule has 140 valence electrons. The Morgan fingerprint density at radius 1 is 0.778 bits per heavy atom. The molecule has 0 saturated carbocycles. The molecular formula is C21H23N3O3. The maximum atomic E-state index is 12.0. The molecule has 0 bridgehead atoms. The Bertz CT molecular complexity index is 838. The smallest absolute Gasteiger partial charge is 0.248 e. The summed E-state index contributed by atoms with van der Waals surface area (Å²) in [5.74, 6) is -0.548. The fraction of sp³-hybridized carbons (Fsp3) is 0.190. The Balaban J connectivity index is 1.90. The van der Waals surface area contributed by atoms with Crippen LogP contribution in [-0.2, 0) is 14.4 Å². The molecule has 0 atom stereocenters. The highest BCUT2D eigenvalue weighted by Crippen LogP contribution is 2.15. The van der Waals surface area contributed by atoms with Crippen molar-refractivity contribution in [3.63, 3.8) is 0 Å². The summed E-state index contributed by atoms with van der Waals surface area (Å²) < 4.78 is 0. The molecule has 0 aliphatic heterocycles. The molecule has 0 radical (unpaired) electrons. The summed E-state index contributed by atoms with van der Waals surface area (Å²) in [5.41, 5.74) is 2.86. The summed E-state index contributed by atoms with van der Waals surface area (Å²) in [6.07, 6.45) is 3.12. The van der Waals surface area contributed by atoms with Crippen molar-refractivity contribution < 1.29 is 14.4 Å². The van der Waals surface area contributed by atoms with Gasteiger partial charge in [0.15, 0.2) is 0 Å². The van der Waals surface area contributed by atoms with Crippen LogP contribution in [0.4, 0.5) is 17.1 Å². The Morgan fingerprint density at radius 2 is 1.26 bits per heavy atom. The molecule has 3 N–H and O–H groups in total. The van der Waals surface area contributed by atoms with E-state index in [-0.39, 0.29) is 23.6 Å². The molecule has 0 aliphatic carbocycles. The van der Waals surface area contributed by atoms with E-state index in [0.717, 1.165) is 5.56 Å². The van der Waals surface area contributed by atoms with Crippen LogP contribution >= 0.6 is 0 Å². The molecule has 0 spiro atoms. The minimum absolute atomic E-state index is 0.0563. The Morgan fingerprint density at radius 3 is 1.78 bits per heavy atom. The van der Waals surface area contributed by atoms with E-state index in [1.54, 1.807) is 54.6 Å². The van der Waals surface area contributed by atoms with Crippen molar-refractivity contribution in [3.8, 4) is 0 Å². The molecule has 6 nitrogen and oxygen atoms in total. The van der Waals surface area contributed by atoms with E-state index in [9.17, 15) is 14.4 Å². The summed E-state index contributed by atoms with van der Waals surface area (Å²) in [6.45, 7) is 5.09. The summed E-state index contributed by atoms with van der Waals surface area (Å²) in [6, 6.07) is 14.1. The largest absolute Gasteiger partial charge is 0.326 e. The van der Waals surface area contributed by atoms with Gasteiger partial charge in [-0.3, -0.25) is 14.4 Å². The van der Waals surface area contributed by atoms with E-state index in [1.165, 1.54) is 13.0 Å². The fourth-order valence-corrected chi connectivity index (χ4v) is 2.16. The van der Waals surface area contributed by atoms with Crippen LogP contribution in [0.1, 0.15) is 26.3 Å². The van der Waals surface area contributed by atoms with E-state index < -0.39 is 0 Å². The lowest BCUT2D eigenvalue weighted by Gasteiger charge is -2.08. The highest BCUT2D eigenvalue weighted by Gasteiger charge is 2.07. The molecule has 0 unspecified atom stereocenters. The van der Waals surface area contributed by atoms with Crippen molar-refractivity contribution in [2.24, 2.45) is 5.92 Å². The van der Waals surface area contributed by atoms with Crippen LogP contribution in [0, 0.1) is 5.92 Å². The van der Waals surface area contributed by atoms with Gasteiger partial charge < -0.3 is 16.0 Å². The van der Waals surface area contributed by atoms with Gasteiger partial charge in [-0.05, 0) is 48.0 Å². The SMILES string of the molecule is CC(=O)Nc1ccc(/C=C/C(=O)Nc2ccc(NC(=O)C(C)C)cc2)cc1. The first kappa shape index (κ1) is 19.9. The van der Waals surface area contributed by atoms with Gasteiger partial charge in [-0.25, -0.2) is 0 Å². The maximum Gasteiger partial charge on any atom is 0.248 e. The minimum atomic E-state index is -0.264. The Kier molecular flexibility index (Phi) is 6.88. The molecule has 6 heteroatoms. The number of anilines is 3. The van der Waals surface area contributed by atoms with E-state index >= 15 is 0 Å². The highest BCUT2D eigenvalue weighted by atomic mass is 16.2. The molecule has 0 aromatic heterocycles. The van der Waals surface area contributed by atoms with Crippen LogP contribution in [0.5, 0.6) is 0 Å². The number of benzene rings is 2. The second kappa shape index (κ2) is 9.33. The summed E-state index contributed by atoms with van der Waals surface area (Å²) in [5, 5.41) is 8.23. The predicted molar refractivity (Wildman–Crippen MR) is 108 cm³/mol. The van der Waals surface area contributed by atoms with Crippen molar-refractivity contribution in [2.45, 2.75) is 20.8 Å². The zero-order chi connectivity index (χ0) is 19.8. The molecule has 0 heterocycles. The van der Waals surface area contributed by atoms with Gasteiger partial charge in [0.2, 0.25) is 17.7 Å². The molecule has 0 fully saturated rings. The van der Waals surface area contributed by atoms with Crippen molar-refractivity contribution in [1.82, 2.24) is 0 Å². The molecule has 27 heavy (non-hydrogen) atoms. The lowest BCUT2D eigenvalue weighted by molar-refractivity contribution is -0.119. The summed E-state index contributed by atoms with van der Waals surface area (Å²) in [4.78, 5) is 34.7. The Hall–Kier alpha value is -3.41. The second-order valence-corrected chi connectivity index (χ2v) is 6.35. The first-order valence-corrected chi connectivity index (χ1v) is 8.61. The minimum Gasteiger partial charge on any atom is -0.326 e. The van der Waals surface area contributed by atoms with Gasteiger partial charge >= 0.3 is 0 Å². The number of rotatable bonds is 6. The fourth-order valence-electron chi connectivity index (χ4n) is 2.16. The van der Waals surface area contributed by atoms with Crippen molar-refractivity contribution in [3.05, 3.63) is 60.2 Å². The van der Waals surface area contributed by atoms with Gasteiger partial charge in [-0.1, -0.05) is 26.0 Å². The van der Waals surface area contributed by atoms with Gasteiger partial charge in [-0.15, -0.1) is 0 Å². The number of nitrogens with one attached hydrogen (secondary N) is 3. The van der Waals surface area contributed by atoms with Crippen molar-refractivity contribution in [2.75, 3.05) is 16.0 Å². The normalized spacial score (nSPS) is 10.7. The molecule has 0 aliphatic rings. The number of amides is 3. The van der Waals surface area contributed by atoms with Crippen LogP contribution in [-0.4, -0.2) is 17.7 Å². The van der Waals surface area contributed by atoms with Crippen LogP contribution < -0.4 is 16.0 Å². The number of hydrogen-bond donors (Lipinski definition) is 3. The van der Waals surface area contributed by atoms with Crippen LogP contribution in [0.2, 0.25) is 0 Å². The number of carbonyl (C=O) groups is 3.